The summed E-state index contributed by atoms with van der Waals surface area (Å²) in [5.74, 6) is -0.676. The third-order valence-electron chi connectivity index (χ3n) is 4.00. The standard InChI is InChI=1S/C17H31ClN10O.2ClH/c18-12-14(20)27-13(19)11(26-12)15(29)28-17(23)25-10-8-6-4-2-1-3-5-7-9-24-16(21)22;;/h1-10H2,(H4,19,20,27)(H4,21,22,24)(H3,23,25,28,29);2*1H. The molecular weight excluding hydrogens is 467 g/mol. The lowest BCUT2D eigenvalue weighted by Crippen LogP contribution is -2.38. The van der Waals surface area contributed by atoms with Gasteiger partial charge in [-0.1, -0.05) is 50.1 Å². The van der Waals surface area contributed by atoms with Gasteiger partial charge in [-0.25, -0.2) is 9.97 Å². The number of nitrogens with one attached hydrogen (secondary N) is 1. The molecule has 31 heavy (non-hydrogen) atoms. The Kier molecular flexibility index (Phi) is 17.4. The number of carbonyl (C=O) groups excluding carboxylic acids is 1. The number of nitrogens with two attached hydrogens (primary N) is 5. The maximum Gasteiger partial charge on any atom is 0.280 e. The van der Waals surface area contributed by atoms with E-state index in [2.05, 4.69) is 25.3 Å². The monoisotopic (exact) mass is 498 g/mol. The van der Waals surface area contributed by atoms with Crippen molar-refractivity contribution in [1.82, 2.24) is 15.3 Å². The Morgan fingerprint density at radius 3 is 1.81 bits per heavy atom. The average Bonchev–Trinajstić information content (AvgIpc) is 2.65. The van der Waals surface area contributed by atoms with Crippen LogP contribution in [0.5, 0.6) is 0 Å². The Hall–Kier alpha value is -2.24. The molecule has 0 radical (unpaired) electrons. The molecule has 0 aliphatic rings. The molecule has 0 bridgehead atoms. The van der Waals surface area contributed by atoms with Crippen LogP contribution in [0.25, 0.3) is 0 Å². The van der Waals surface area contributed by atoms with Gasteiger partial charge in [-0.3, -0.25) is 20.1 Å². The zero-order valence-electron chi connectivity index (χ0n) is 17.3. The Morgan fingerprint density at radius 1 is 0.806 bits per heavy atom. The zero-order valence-corrected chi connectivity index (χ0v) is 19.7. The van der Waals surface area contributed by atoms with Crippen LogP contribution in [0.4, 0.5) is 11.6 Å². The minimum absolute atomic E-state index is 0. The van der Waals surface area contributed by atoms with E-state index >= 15 is 0 Å². The fourth-order valence-corrected chi connectivity index (χ4v) is 2.64. The van der Waals surface area contributed by atoms with Crippen LogP contribution in [0.2, 0.25) is 5.15 Å². The molecule has 14 heteroatoms. The molecule has 1 heterocycles. The fraction of sp³-hybridized carbons (Fsp3) is 0.588. The Morgan fingerprint density at radius 2 is 1.29 bits per heavy atom. The van der Waals surface area contributed by atoms with Gasteiger partial charge >= 0.3 is 0 Å². The van der Waals surface area contributed by atoms with Gasteiger partial charge in [0.1, 0.15) is 0 Å². The first-order valence-corrected chi connectivity index (χ1v) is 9.94. The van der Waals surface area contributed by atoms with E-state index in [1.807, 2.05) is 0 Å². The van der Waals surface area contributed by atoms with Crippen molar-refractivity contribution in [3.63, 3.8) is 0 Å². The second kappa shape index (κ2) is 17.4. The third-order valence-corrected chi connectivity index (χ3v) is 4.28. The number of halogens is 3. The molecule has 0 spiro atoms. The number of rotatable bonds is 12. The van der Waals surface area contributed by atoms with Crippen LogP contribution in [-0.4, -0.2) is 40.9 Å². The summed E-state index contributed by atoms with van der Waals surface area (Å²) in [5, 5.41) is 2.31. The van der Waals surface area contributed by atoms with Crippen molar-refractivity contribution in [2.24, 2.45) is 27.2 Å². The van der Waals surface area contributed by atoms with Crippen LogP contribution in [0, 0.1) is 0 Å². The van der Waals surface area contributed by atoms with E-state index in [1.54, 1.807) is 0 Å². The van der Waals surface area contributed by atoms with Gasteiger partial charge in [0.15, 0.2) is 34.4 Å². The Balaban J connectivity index is 0. The first-order chi connectivity index (χ1) is 13.8. The average molecular weight is 500 g/mol. The van der Waals surface area contributed by atoms with Crippen molar-refractivity contribution >= 4 is 65.9 Å². The fourth-order valence-electron chi connectivity index (χ4n) is 2.52. The number of carbonyl (C=O) groups is 1. The summed E-state index contributed by atoms with van der Waals surface area (Å²) in [5.41, 5.74) is 27.2. The molecule has 0 aromatic carbocycles. The van der Waals surface area contributed by atoms with Crippen LogP contribution in [-0.2, 0) is 0 Å². The number of hydrogen-bond donors (Lipinski definition) is 6. The lowest BCUT2D eigenvalue weighted by Gasteiger charge is -2.07. The van der Waals surface area contributed by atoms with Crippen molar-refractivity contribution < 1.29 is 4.79 Å². The highest BCUT2D eigenvalue weighted by Crippen LogP contribution is 2.17. The highest BCUT2D eigenvalue weighted by atomic mass is 35.5. The van der Waals surface area contributed by atoms with Crippen molar-refractivity contribution in [1.29, 1.82) is 0 Å². The normalized spacial score (nSPS) is 10.5. The molecule has 178 valence electrons. The highest BCUT2D eigenvalue weighted by Gasteiger charge is 2.16. The molecule has 0 unspecified atom stereocenters. The number of guanidine groups is 2. The summed E-state index contributed by atoms with van der Waals surface area (Å²) in [6.45, 7) is 1.22. The van der Waals surface area contributed by atoms with E-state index in [0.717, 1.165) is 32.1 Å². The van der Waals surface area contributed by atoms with Gasteiger partial charge in [-0.2, -0.15) is 0 Å². The summed E-state index contributed by atoms with van der Waals surface area (Å²) in [6.07, 6.45) is 8.75. The lowest BCUT2D eigenvalue weighted by atomic mass is 10.1. The third kappa shape index (κ3) is 13.6. The topological polar surface area (TPSA) is 210 Å². The van der Waals surface area contributed by atoms with Crippen LogP contribution in [0.1, 0.15) is 61.9 Å². The van der Waals surface area contributed by atoms with Gasteiger partial charge in [-0.05, 0) is 12.8 Å². The lowest BCUT2D eigenvalue weighted by molar-refractivity contribution is 0.0972. The molecule has 0 aliphatic heterocycles. The van der Waals surface area contributed by atoms with E-state index in [0.29, 0.717) is 13.1 Å². The number of anilines is 2. The smallest absolute Gasteiger partial charge is 0.280 e. The number of nitrogen functional groups attached to an aromatic ring is 2. The summed E-state index contributed by atoms with van der Waals surface area (Å²) in [7, 11) is 0. The quantitative estimate of drug-likeness (QED) is 0.141. The number of hydrogen-bond acceptors (Lipinski definition) is 7. The largest absolute Gasteiger partial charge is 0.382 e. The van der Waals surface area contributed by atoms with Crippen molar-refractivity contribution in [3.05, 3.63) is 10.8 Å². The SMILES string of the molecule is Cl.Cl.NC(N)=NCCCCCCCCCCN=C(N)NC(=O)c1nc(Cl)c(N)nc1N. The van der Waals surface area contributed by atoms with Crippen LogP contribution in [0.3, 0.4) is 0 Å². The first-order valence-electron chi connectivity index (χ1n) is 9.56. The number of aliphatic imine (C=N–C) groups is 2. The molecule has 1 amide bonds. The number of nitrogens with zero attached hydrogens (tertiary/aromatic N) is 4. The van der Waals surface area contributed by atoms with Gasteiger partial charge in [0.25, 0.3) is 5.91 Å². The molecule has 1 rings (SSSR count). The highest BCUT2D eigenvalue weighted by molar-refractivity contribution is 6.31. The van der Waals surface area contributed by atoms with Crippen LogP contribution >= 0.6 is 36.4 Å². The van der Waals surface area contributed by atoms with E-state index in [4.69, 9.17) is 40.3 Å². The van der Waals surface area contributed by atoms with Gasteiger partial charge in [0.2, 0.25) is 0 Å². The molecular formula is C17H33Cl3N10O. The second-order valence-corrected chi connectivity index (χ2v) is 6.85. The minimum Gasteiger partial charge on any atom is -0.382 e. The van der Waals surface area contributed by atoms with Gasteiger partial charge in [0, 0.05) is 13.1 Å². The minimum atomic E-state index is -0.641. The van der Waals surface area contributed by atoms with Crippen molar-refractivity contribution in [2.75, 3.05) is 24.6 Å². The molecule has 11 nitrogen and oxygen atoms in total. The summed E-state index contributed by atoms with van der Waals surface area (Å²) < 4.78 is 0. The maximum absolute atomic E-state index is 12.1. The van der Waals surface area contributed by atoms with Crippen molar-refractivity contribution in [2.45, 2.75) is 51.4 Å². The molecule has 0 saturated heterocycles. The first kappa shape index (κ1) is 30.9. The zero-order chi connectivity index (χ0) is 21.6. The van der Waals surface area contributed by atoms with Gasteiger partial charge < -0.3 is 28.7 Å². The summed E-state index contributed by atoms with van der Waals surface area (Å²) >= 11 is 5.75. The maximum atomic E-state index is 12.1. The Labute approximate surface area is 199 Å². The number of amides is 1. The summed E-state index contributed by atoms with van der Waals surface area (Å²) in [4.78, 5) is 27.7. The molecule has 1 aromatic rings. The molecule has 0 aliphatic carbocycles. The van der Waals surface area contributed by atoms with Crippen molar-refractivity contribution in [3.8, 4) is 0 Å². The van der Waals surface area contributed by atoms with E-state index in [9.17, 15) is 4.79 Å². The second-order valence-electron chi connectivity index (χ2n) is 6.49. The Bertz CT molecular complexity index is 726. The van der Waals surface area contributed by atoms with Crippen LogP contribution < -0.4 is 34.0 Å². The van der Waals surface area contributed by atoms with E-state index < -0.39 is 5.91 Å². The summed E-state index contributed by atoms with van der Waals surface area (Å²) in [6, 6.07) is 0. The molecule has 0 atom stereocenters. The number of unbranched alkanes of at least 4 members (excludes halogenated alkanes) is 7. The van der Waals surface area contributed by atoms with Gasteiger partial charge in [0.05, 0.1) is 0 Å². The molecule has 0 fully saturated rings. The predicted octanol–water partition coefficient (Wildman–Crippen LogP) is 1.58. The molecule has 1 aromatic heterocycles. The van der Waals surface area contributed by atoms with Crippen LogP contribution in [0.15, 0.2) is 9.98 Å². The van der Waals surface area contributed by atoms with Gasteiger partial charge in [-0.15, -0.1) is 24.8 Å². The van der Waals surface area contributed by atoms with E-state index in [1.165, 1.54) is 19.3 Å². The predicted molar refractivity (Wildman–Crippen MR) is 132 cm³/mol. The number of aromatic nitrogens is 2. The molecule has 0 saturated carbocycles. The van der Waals surface area contributed by atoms with E-state index in [-0.39, 0.29) is 59.2 Å². The molecule has 11 N–H and O–H groups in total.